The number of amides is 1. The molecule has 2 aromatic rings. The Kier molecular flexibility index (Phi) is 5.27. The number of hydrogen-bond donors (Lipinski definition) is 1. The highest BCUT2D eigenvalue weighted by molar-refractivity contribution is 5.76. The van der Waals surface area contributed by atoms with Crippen LogP contribution in [0.2, 0.25) is 0 Å². The quantitative estimate of drug-likeness (QED) is 0.876. The maximum atomic E-state index is 13.1. The van der Waals surface area contributed by atoms with Gasteiger partial charge >= 0.3 is 0 Å². The van der Waals surface area contributed by atoms with Gasteiger partial charge in [0.15, 0.2) is 5.65 Å². The topological polar surface area (TPSA) is 73.7 Å². The SMILES string of the molecule is CCCC(=O)N1CCC[C@@H](c2cc3nc4c(c(=O)n3[nH]2)CN(C(C)C)CC4)C1. The summed E-state index contributed by atoms with van der Waals surface area (Å²) >= 11 is 0. The number of carbonyl (C=O) groups excluding carboxylic acids is 1. The second kappa shape index (κ2) is 7.70. The molecule has 0 radical (unpaired) electrons. The molecule has 1 atom stereocenters. The Balaban J connectivity index is 1.63. The molecule has 2 aromatic heterocycles. The standard InChI is InChI=1S/C21H31N5O2/c1-4-6-20(27)25-9-5-7-15(12-25)18-11-19-22-17-8-10-24(14(2)3)13-16(17)21(28)26(19)23-18/h11,14-15,23H,4-10,12-13H2,1-3H3/t15-/m1/s1. The molecule has 7 nitrogen and oxygen atoms in total. The second-order valence-corrected chi connectivity index (χ2v) is 8.49. The third-order valence-corrected chi connectivity index (χ3v) is 6.22. The van der Waals surface area contributed by atoms with Crippen molar-refractivity contribution in [2.24, 2.45) is 0 Å². The van der Waals surface area contributed by atoms with E-state index >= 15 is 0 Å². The van der Waals surface area contributed by atoms with Gasteiger partial charge in [-0.05, 0) is 33.1 Å². The molecule has 0 aliphatic carbocycles. The Morgan fingerprint density at radius 2 is 2.18 bits per heavy atom. The first kappa shape index (κ1) is 19.2. The first-order valence-electron chi connectivity index (χ1n) is 10.6. The summed E-state index contributed by atoms with van der Waals surface area (Å²) < 4.78 is 1.60. The van der Waals surface area contributed by atoms with Crippen LogP contribution in [0.25, 0.3) is 5.65 Å². The molecular weight excluding hydrogens is 354 g/mol. The largest absolute Gasteiger partial charge is 0.342 e. The fourth-order valence-corrected chi connectivity index (χ4v) is 4.50. The normalized spacial score (nSPS) is 20.7. The Morgan fingerprint density at radius 3 is 2.93 bits per heavy atom. The summed E-state index contributed by atoms with van der Waals surface area (Å²) in [4.78, 5) is 34.5. The van der Waals surface area contributed by atoms with Crippen LogP contribution < -0.4 is 5.56 Å². The smallest absolute Gasteiger partial charge is 0.277 e. The lowest BCUT2D eigenvalue weighted by atomic mass is 9.94. The molecule has 152 valence electrons. The Hall–Kier alpha value is -2.15. The Bertz CT molecular complexity index is 929. The number of aromatic nitrogens is 3. The van der Waals surface area contributed by atoms with E-state index in [0.29, 0.717) is 24.7 Å². The van der Waals surface area contributed by atoms with Gasteiger partial charge in [-0.15, -0.1) is 0 Å². The van der Waals surface area contributed by atoms with Gasteiger partial charge in [-0.2, -0.15) is 0 Å². The number of hydrogen-bond acceptors (Lipinski definition) is 4. The molecule has 28 heavy (non-hydrogen) atoms. The Labute approximate surface area is 165 Å². The third-order valence-electron chi connectivity index (χ3n) is 6.22. The average Bonchev–Trinajstić information content (AvgIpc) is 3.12. The van der Waals surface area contributed by atoms with E-state index in [1.165, 1.54) is 0 Å². The summed E-state index contributed by atoms with van der Waals surface area (Å²) in [5, 5.41) is 3.30. The van der Waals surface area contributed by atoms with E-state index < -0.39 is 0 Å². The van der Waals surface area contributed by atoms with Crippen LogP contribution in [-0.4, -0.2) is 56.0 Å². The number of nitrogens with one attached hydrogen (secondary N) is 1. The van der Waals surface area contributed by atoms with Crippen molar-refractivity contribution in [2.75, 3.05) is 19.6 Å². The van der Waals surface area contributed by atoms with E-state index in [1.807, 2.05) is 17.9 Å². The van der Waals surface area contributed by atoms with Crippen LogP contribution in [-0.2, 0) is 17.8 Å². The molecule has 2 aliphatic heterocycles. The van der Waals surface area contributed by atoms with E-state index in [-0.39, 0.29) is 17.4 Å². The van der Waals surface area contributed by atoms with Gasteiger partial charge in [0.25, 0.3) is 5.56 Å². The van der Waals surface area contributed by atoms with Crippen molar-refractivity contribution in [2.45, 2.75) is 71.4 Å². The highest BCUT2D eigenvalue weighted by atomic mass is 16.2. The number of nitrogens with zero attached hydrogens (tertiary/aromatic N) is 4. The molecule has 1 N–H and O–H groups in total. The van der Waals surface area contributed by atoms with Gasteiger partial charge in [0, 0.05) is 62.7 Å². The van der Waals surface area contributed by atoms with E-state index in [4.69, 9.17) is 4.98 Å². The maximum Gasteiger partial charge on any atom is 0.277 e. The number of rotatable bonds is 4. The molecule has 0 bridgehead atoms. The van der Waals surface area contributed by atoms with Gasteiger partial charge in [0.1, 0.15) is 0 Å². The fourth-order valence-electron chi connectivity index (χ4n) is 4.50. The predicted octanol–water partition coefficient (Wildman–Crippen LogP) is 2.30. The molecular formula is C21H31N5O2. The minimum absolute atomic E-state index is 0.0197. The van der Waals surface area contributed by atoms with Crippen molar-refractivity contribution in [1.29, 1.82) is 0 Å². The van der Waals surface area contributed by atoms with Crippen molar-refractivity contribution in [3.63, 3.8) is 0 Å². The molecule has 7 heteroatoms. The molecule has 2 aliphatic rings. The summed E-state index contributed by atoms with van der Waals surface area (Å²) in [5.74, 6) is 0.475. The van der Waals surface area contributed by atoms with Gasteiger partial charge in [-0.25, -0.2) is 9.50 Å². The molecule has 1 fully saturated rings. The number of fused-ring (bicyclic) bond motifs is 2. The van der Waals surface area contributed by atoms with Crippen LogP contribution in [0.3, 0.4) is 0 Å². The molecule has 0 saturated carbocycles. The van der Waals surface area contributed by atoms with Gasteiger partial charge in [0.05, 0.1) is 11.3 Å². The molecule has 1 amide bonds. The van der Waals surface area contributed by atoms with E-state index in [0.717, 1.165) is 62.3 Å². The predicted molar refractivity (Wildman–Crippen MR) is 109 cm³/mol. The molecule has 4 rings (SSSR count). The van der Waals surface area contributed by atoms with Crippen LogP contribution in [0, 0.1) is 0 Å². The van der Waals surface area contributed by atoms with Crippen molar-refractivity contribution in [3.8, 4) is 0 Å². The fraction of sp³-hybridized carbons (Fsp3) is 0.667. The summed E-state index contributed by atoms with van der Waals surface area (Å²) in [6.45, 7) is 9.54. The van der Waals surface area contributed by atoms with E-state index in [2.05, 4.69) is 23.8 Å². The monoisotopic (exact) mass is 385 g/mol. The maximum absolute atomic E-state index is 13.1. The number of piperidine rings is 1. The lowest BCUT2D eigenvalue weighted by Crippen LogP contribution is -2.40. The van der Waals surface area contributed by atoms with Gasteiger partial charge < -0.3 is 4.90 Å². The van der Waals surface area contributed by atoms with Crippen LogP contribution in [0.1, 0.15) is 69.3 Å². The van der Waals surface area contributed by atoms with Crippen LogP contribution in [0.4, 0.5) is 0 Å². The highest BCUT2D eigenvalue weighted by Gasteiger charge is 2.27. The molecule has 4 heterocycles. The lowest BCUT2D eigenvalue weighted by Gasteiger charge is -2.32. The van der Waals surface area contributed by atoms with Crippen molar-refractivity contribution in [3.05, 3.63) is 33.4 Å². The number of carbonyl (C=O) groups is 1. The van der Waals surface area contributed by atoms with E-state index in [1.54, 1.807) is 4.52 Å². The summed E-state index contributed by atoms with van der Waals surface area (Å²) in [6, 6.07) is 2.43. The zero-order valence-corrected chi connectivity index (χ0v) is 17.2. The first-order valence-corrected chi connectivity index (χ1v) is 10.6. The highest BCUT2D eigenvalue weighted by Crippen LogP contribution is 2.27. The van der Waals surface area contributed by atoms with Gasteiger partial charge in [-0.1, -0.05) is 6.92 Å². The summed E-state index contributed by atoms with van der Waals surface area (Å²) in [5.41, 5.74) is 3.49. The van der Waals surface area contributed by atoms with Gasteiger partial charge in [-0.3, -0.25) is 19.6 Å². The van der Waals surface area contributed by atoms with Crippen molar-refractivity contribution >= 4 is 11.6 Å². The molecule has 0 unspecified atom stereocenters. The number of aromatic amines is 1. The zero-order valence-electron chi connectivity index (χ0n) is 17.2. The van der Waals surface area contributed by atoms with Gasteiger partial charge in [0.2, 0.25) is 5.91 Å². The summed E-state index contributed by atoms with van der Waals surface area (Å²) in [7, 11) is 0. The van der Waals surface area contributed by atoms with Crippen molar-refractivity contribution in [1.82, 2.24) is 24.4 Å². The van der Waals surface area contributed by atoms with Crippen LogP contribution in [0.5, 0.6) is 0 Å². The van der Waals surface area contributed by atoms with Crippen LogP contribution in [0.15, 0.2) is 10.9 Å². The third kappa shape index (κ3) is 3.48. The average molecular weight is 386 g/mol. The number of likely N-dealkylation sites (tertiary alicyclic amines) is 1. The number of H-pyrrole nitrogens is 1. The minimum atomic E-state index is 0.0197. The van der Waals surface area contributed by atoms with E-state index in [9.17, 15) is 9.59 Å². The van der Waals surface area contributed by atoms with Crippen molar-refractivity contribution < 1.29 is 4.79 Å². The lowest BCUT2D eigenvalue weighted by molar-refractivity contribution is -0.132. The molecule has 1 saturated heterocycles. The molecule has 0 aromatic carbocycles. The van der Waals surface area contributed by atoms with Crippen LogP contribution >= 0.6 is 0 Å². The Morgan fingerprint density at radius 1 is 1.36 bits per heavy atom. The minimum Gasteiger partial charge on any atom is -0.342 e. The zero-order chi connectivity index (χ0) is 19.8. The molecule has 0 spiro atoms. The first-order chi connectivity index (χ1) is 13.5. The summed E-state index contributed by atoms with van der Waals surface area (Å²) in [6.07, 6.45) is 4.34. The second-order valence-electron chi connectivity index (χ2n) is 8.49.